The maximum Gasteiger partial charge on any atom is 0.422 e. The average Bonchev–Trinajstić information content (AvgIpc) is 3.33. The maximum absolute atomic E-state index is 15.4. The minimum atomic E-state index is -4.39. The summed E-state index contributed by atoms with van der Waals surface area (Å²) in [6.45, 7) is 2.44. The molecule has 1 saturated carbocycles. The third-order valence-electron chi connectivity index (χ3n) is 6.54. The smallest absolute Gasteiger partial charge is 0.422 e. The summed E-state index contributed by atoms with van der Waals surface area (Å²) in [6.07, 6.45) is 0.953. The number of hydrogen-bond donors (Lipinski definition) is 1. The average molecular weight is 519 g/mol. The van der Waals surface area contributed by atoms with E-state index in [-0.39, 0.29) is 23.6 Å². The summed E-state index contributed by atoms with van der Waals surface area (Å²) in [5, 5.41) is 3.02. The molecule has 3 heterocycles. The van der Waals surface area contributed by atoms with Crippen molar-refractivity contribution in [3.63, 3.8) is 0 Å². The van der Waals surface area contributed by atoms with Crippen molar-refractivity contribution in [1.82, 2.24) is 20.2 Å². The van der Waals surface area contributed by atoms with Crippen LogP contribution in [0.4, 0.5) is 17.6 Å². The molecule has 0 aromatic carbocycles. The Morgan fingerprint density at radius 1 is 1.31 bits per heavy atom. The molecule has 0 bridgehead atoms. The van der Waals surface area contributed by atoms with Gasteiger partial charge in [0.15, 0.2) is 6.61 Å². The number of oxazole rings is 1. The molecule has 1 aliphatic heterocycles. The number of aromatic nitrogens is 2. The molecule has 0 spiro atoms. The van der Waals surface area contributed by atoms with Gasteiger partial charge in [-0.05, 0) is 45.4 Å². The van der Waals surface area contributed by atoms with E-state index in [1.54, 1.807) is 13.1 Å². The summed E-state index contributed by atoms with van der Waals surface area (Å²) in [4.78, 5) is 23.6. The van der Waals surface area contributed by atoms with Crippen molar-refractivity contribution in [2.75, 3.05) is 26.2 Å². The first-order valence-corrected chi connectivity index (χ1v) is 12.7. The molecule has 1 N–H and O–H groups in total. The zero-order chi connectivity index (χ0) is 25.1. The Morgan fingerprint density at radius 3 is 2.74 bits per heavy atom. The number of nitrogens with one attached hydrogen (secondary N) is 1. The van der Waals surface area contributed by atoms with Crippen molar-refractivity contribution in [2.24, 2.45) is 0 Å². The van der Waals surface area contributed by atoms with Crippen molar-refractivity contribution in [3.05, 3.63) is 28.4 Å². The lowest BCUT2D eigenvalue weighted by atomic mass is 9.81. The second-order valence-electron chi connectivity index (χ2n) is 9.38. The number of fused-ring (bicyclic) bond motifs is 1. The first-order chi connectivity index (χ1) is 16.6. The number of amides is 1. The number of halogens is 4. The first kappa shape index (κ1) is 25.9. The Kier molecular flexibility index (Phi) is 7.99. The summed E-state index contributed by atoms with van der Waals surface area (Å²) in [5.41, 5.74) is -0.477. The summed E-state index contributed by atoms with van der Waals surface area (Å²) >= 11 is 1.16. The maximum atomic E-state index is 15.4. The monoisotopic (exact) mass is 518 g/mol. The van der Waals surface area contributed by atoms with Crippen LogP contribution >= 0.6 is 11.3 Å². The molecule has 4 rings (SSSR count). The first-order valence-electron chi connectivity index (χ1n) is 11.9. The molecule has 2 aromatic rings. The van der Waals surface area contributed by atoms with Crippen LogP contribution in [0.3, 0.4) is 0 Å². The van der Waals surface area contributed by atoms with E-state index >= 15 is 4.39 Å². The third-order valence-corrected chi connectivity index (χ3v) is 7.61. The quantitative estimate of drug-likeness (QED) is 0.528. The highest BCUT2D eigenvalue weighted by molar-refractivity contribution is 7.13. The van der Waals surface area contributed by atoms with Crippen LogP contribution in [0.15, 0.2) is 10.6 Å². The molecule has 12 heteroatoms. The largest absolute Gasteiger partial charge is 0.460 e. The number of rotatable bonds is 8. The van der Waals surface area contributed by atoms with E-state index in [1.807, 2.05) is 0 Å². The standard InChI is InChI=1S/C23H30F4N4O3S/c1-15-13-28-20(34-15)12-19(32)29-16-2-6-22(24,7-3-16)8-11-31-9-4-17-18(5-10-31)35-21(30-17)33-14-23(25,26)27/h13,16H,2-12,14H2,1H3,(H,29,32). The third kappa shape index (κ3) is 7.63. The molecule has 1 aliphatic carbocycles. The van der Waals surface area contributed by atoms with Crippen LogP contribution in [0.5, 0.6) is 5.19 Å². The Balaban J connectivity index is 1.17. The van der Waals surface area contributed by atoms with Crippen LogP contribution in [0.25, 0.3) is 0 Å². The fraction of sp³-hybridized carbons (Fsp3) is 0.696. The Bertz CT molecular complexity index is 976. The second-order valence-corrected chi connectivity index (χ2v) is 10.4. The molecule has 2 aromatic heterocycles. The normalized spacial score (nSPS) is 23.5. The lowest BCUT2D eigenvalue weighted by Gasteiger charge is -2.35. The fourth-order valence-corrected chi connectivity index (χ4v) is 5.55. The zero-order valence-corrected chi connectivity index (χ0v) is 20.4. The predicted molar refractivity (Wildman–Crippen MR) is 121 cm³/mol. The topological polar surface area (TPSA) is 80.5 Å². The van der Waals surface area contributed by atoms with Gasteiger partial charge in [0.05, 0.1) is 11.9 Å². The molecule has 194 valence electrons. The number of aryl methyl sites for hydroxylation is 1. The van der Waals surface area contributed by atoms with E-state index in [4.69, 9.17) is 9.15 Å². The fourth-order valence-electron chi connectivity index (χ4n) is 4.60. The summed E-state index contributed by atoms with van der Waals surface area (Å²) < 4.78 is 62.6. The number of ether oxygens (including phenoxy) is 1. The molecule has 1 amide bonds. The predicted octanol–water partition coefficient (Wildman–Crippen LogP) is 4.18. The van der Waals surface area contributed by atoms with Crippen molar-refractivity contribution < 1.29 is 31.5 Å². The van der Waals surface area contributed by atoms with Gasteiger partial charge < -0.3 is 19.4 Å². The minimum Gasteiger partial charge on any atom is -0.460 e. The number of hydrogen-bond acceptors (Lipinski definition) is 7. The van der Waals surface area contributed by atoms with Gasteiger partial charge in [-0.3, -0.25) is 4.79 Å². The van der Waals surface area contributed by atoms with Crippen LogP contribution < -0.4 is 10.1 Å². The lowest BCUT2D eigenvalue weighted by Crippen LogP contribution is -2.43. The summed E-state index contributed by atoms with van der Waals surface area (Å²) in [5.74, 6) is 0.868. The number of carbonyl (C=O) groups excluding carboxylic acids is 1. The van der Waals surface area contributed by atoms with E-state index in [0.29, 0.717) is 76.2 Å². The molecule has 0 unspecified atom stereocenters. The van der Waals surface area contributed by atoms with Gasteiger partial charge in [-0.1, -0.05) is 11.3 Å². The van der Waals surface area contributed by atoms with Gasteiger partial charge in [-0.25, -0.2) is 14.4 Å². The Morgan fingerprint density at radius 2 is 2.06 bits per heavy atom. The molecular weight excluding hydrogens is 488 g/mol. The Hall–Kier alpha value is -2.21. The molecule has 2 aliphatic rings. The second kappa shape index (κ2) is 10.8. The van der Waals surface area contributed by atoms with Crippen LogP contribution in [-0.4, -0.2) is 64.9 Å². The molecular formula is C23H30F4N4O3S. The highest BCUT2D eigenvalue weighted by Gasteiger charge is 2.36. The van der Waals surface area contributed by atoms with Gasteiger partial charge in [0.25, 0.3) is 5.19 Å². The van der Waals surface area contributed by atoms with Gasteiger partial charge in [-0.2, -0.15) is 13.2 Å². The van der Waals surface area contributed by atoms with Crippen LogP contribution in [0, 0.1) is 6.92 Å². The summed E-state index contributed by atoms with van der Waals surface area (Å²) in [6, 6.07) is -0.0450. The minimum absolute atomic E-state index is 0.0450. The molecule has 0 radical (unpaired) electrons. The van der Waals surface area contributed by atoms with Crippen LogP contribution in [0.2, 0.25) is 0 Å². The van der Waals surface area contributed by atoms with E-state index < -0.39 is 18.5 Å². The van der Waals surface area contributed by atoms with Gasteiger partial charge in [0.2, 0.25) is 11.8 Å². The molecule has 7 nitrogen and oxygen atoms in total. The SMILES string of the molecule is Cc1cnc(CC(=O)NC2CCC(F)(CCN3CCc4nc(OCC(F)(F)F)sc4CC3)CC2)o1. The van der Waals surface area contributed by atoms with Crippen LogP contribution in [0.1, 0.15) is 54.3 Å². The van der Waals surface area contributed by atoms with E-state index in [0.717, 1.165) is 21.9 Å². The van der Waals surface area contributed by atoms with Crippen molar-refractivity contribution in [1.29, 1.82) is 0 Å². The van der Waals surface area contributed by atoms with E-state index in [2.05, 4.69) is 20.2 Å². The molecule has 0 saturated heterocycles. The van der Waals surface area contributed by atoms with Gasteiger partial charge >= 0.3 is 6.18 Å². The highest BCUT2D eigenvalue weighted by Crippen LogP contribution is 2.36. The molecule has 35 heavy (non-hydrogen) atoms. The number of thiazole rings is 1. The van der Waals surface area contributed by atoms with E-state index in [1.165, 1.54) is 0 Å². The van der Waals surface area contributed by atoms with Gasteiger partial charge in [0, 0.05) is 37.0 Å². The van der Waals surface area contributed by atoms with Crippen molar-refractivity contribution >= 4 is 17.2 Å². The zero-order valence-electron chi connectivity index (χ0n) is 19.6. The van der Waals surface area contributed by atoms with Gasteiger partial charge in [-0.15, -0.1) is 0 Å². The number of nitrogens with zero attached hydrogens (tertiary/aromatic N) is 3. The highest BCUT2D eigenvalue weighted by atomic mass is 32.1. The number of carbonyl (C=O) groups is 1. The Labute approximate surface area is 205 Å². The summed E-state index contributed by atoms with van der Waals surface area (Å²) in [7, 11) is 0. The van der Waals surface area contributed by atoms with Crippen molar-refractivity contribution in [3.8, 4) is 5.19 Å². The van der Waals surface area contributed by atoms with E-state index in [9.17, 15) is 18.0 Å². The van der Waals surface area contributed by atoms with Crippen LogP contribution in [-0.2, 0) is 24.1 Å². The molecule has 1 fully saturated rings. The van der Waals surface area contributed by atoms with Crippen molar-refractivity contribution in [2.45, 2.75) is 76.2 Å². The molecule has 0 atom stereocenters. The van der Waals surface area contributed by atoms with Gasteiger partial charge in [0.1, 0.15) is 17.8 Å². The lowest BCUT2D eigenvalue weighted by molar-refractivity contribution is -0.153. The number of alkyl halides is 4.